The number of halogens is 3. The first-order valence-electron chi connectivity index (χ1n) is 8.18. The number of esters is 1. The van der Waals surface area contributed by atoms with Gasteiger partial charge in [-0.3, -0.25) is 14.9 Å². The summed E-state index contributed by atoms with van der Waals surface area (Å²) in [5.74, 6) is -1.26. The van der Waals surface area contributed by atoms with Crippen LogP contribution in [0.2, 0.25) is 0 Å². The number of nitro benzene ring substituents is 1. The van der Waals surface area contributed by atoms with E-state index in [2.05, 4.69) is 4.74 Å². The van der Waals surface area contributed by atoms with Gasteiger partial charge in [0.2, 0.25) is 0 Å². The number of rotatable bonds is 8. The SMILES string of the molecule is COc1ccccc1OCC(=O)OCC(=O)Nc1ccc(C(F)(F)F)cc1[N+](=O)[O-]. The van der Waals surface area contributed by atoms with Gasteiger partial charge in [-0.1, -0.05) is 12.1 Å². The Labute approximate surface area is 167 Å². The van der Waals surface area contributed by atoms with Crippen molar-refractivity contribution < 1.29 is 41.9 Å². The van der Waals surface area contributed by atoms with Crippen molar-refractivity contribution in [2.24, 2.45) is 0 Å². The summed E-state index contributed by atoms with van der Waals surface area (Å²) in [6.45, 7) is -1.37. The molecule has 0 heterocycles. The molecule has 1 amide bonds. The fourth-order valence-corrected chi connectivity index (χ4v) is 2.21. The molecule has 0 saturated heterocycles. The van der Waals surface area contributed by atoms with Gasteiger partial charge in [0.1, 0.15) is 5.69 Å². The monoisotopic (exact) mass is 428 g/mol. The second-order valence-electron chi connectivity index (χ2n) is 5.64. The molecule has 0 aromatic heterocycles. The van der Waals surface area contributed by atoms with Crippen LogP contribution in [0.1, 0.15) is 5.56 Å². The van der Waals surface area contributed by atoms with Gasteiger partial charge in [0.15, 0.2) is 24.7 Å². The van der Waals surface area contributed by atoms with E-state index >= 15 is 0 Å². The van der Waals surface area contributed by atoms with Gasteiger partial charge in [-0.15, -0.1) is 0 Å². The van der Waals surface area contributed by atoms with Crippen molar-refractivity contribution in [3.8, 4) is 11.5 Å². The predicted octanol–water partition coefficient (Wildman–Crippen LogP) is 3.18. The third-order valence-electron chi connectivity index (χ3n) is 3.57. The van der Waals surface area contributed by atoms with Crippen LogP contribution in [0.4, 0.5) is 24.5 Å². The molecule has 12 heteroatoms. The highest BCUT2D eigenvalue weighted by molar-refractivity contribution is 5.95. The van der Waals surface area contributed by atoms with Crippen molar-refractivity contribution in [2.75, 3.05) is 25.6 Å². The number of hydrogen-bond acceptors (Lipinski definition) is 7. The number of carbonyl (C=O) groups excluding carboxylic acids is 2. The van der Waals surface area contributed by atoms with Gasteiger partial charge in [-0.25, -0.2) is 4.79 Å². The van der Waals surface area contributed by atoms with Crippen LogP contribution in [-0.2, 0) is 20.5 Å². The number of nitro groups is 1. The third-order valence-corrected chi connectivity index (χ3v) is 3.57. The molecule has 0 saturated carbocycles. The lowest BCUT2D eigenvalue weighted by molar-refractivity contribution is -0.384. The number of para-hydroxylation sites is 2. The van der Waals surface area contributed by atoms with Crippen molar-refractivity contribution in [1.29, 1.82) is 0 Å². The van der Waals surface area contributed by atoms with Crippen LogP contribution in [-0.4, -0.2) is 37.1 Å². The Balaban J connectivity index is 1.92. The molecule has 2 aromatic rings. The number of nitrogens with zero attached hydrogens (tertiary/aromatic N) is 1. The molecule has 0 spiro atoms. The number of anilines is 1. The Hall–Kier alpha value is -3.83. The molecule has 160 valence electrons. The van der Waals surface area contributed by atoms with E-state index in [-0.39, 0.29) is 5.75 Å². The number of hydrogen-bond donors (Lipinski definition) is 1. The zero-order valence-corrected chi connectivity index (χ0v) is 15.4. The first kappa shape index (κ1) is 22.5. The highest BCUT2D eigenvalue weighted by Crippen LogP contribution is 2.35. The molecule has 0 aliphatic rings. The molecule has 0 aliphatic heterocycles. The second-order valence-corrected chi connectivity index (χ2v) is 5.64. The van der Waals surface area contributed by atoms with E-state index in [1.54, 1.807) is 24.3 Å². The number of nitrogens with one attached hydrogen (secondary N) is 1. The fourth-order valence-electron chi connectivity index (χ4n) is 2.21. The standard InChI is InChI=1S/C18H15F3N2O7/c1-28-14-4-2-3-5-15(14)29-10-17(25)30-9-16(24)22-12-7-6-11(18(19,20)21)8-13(12)23(26)27/h2-8H,9-10H2,1H3,(H,22,24). The van der Waals surface area contributed by atoms with E-state index < -0.39 is 53.1 Å². The maximum Gasteiger partial charge on any atom is 0.416 e. The van der Waals surface area contributed by atoms with Crippen molar-refractivity contribution in [3.05, 3.63) is 58.1 Å². The average Bonchev–Trinajstić information content (AvgIpc) is 2.70. The Kier molecular flexibility index (Phi) is 7.17. The van der Waals surface area contributed by atoms with Crippen LogP contribution < -0.4 is 14.8 Å². The van der Waals surface area contributed by atoms with E-state index in [0.717, 1.165) is 6.07 Å². The van der Waals surface area contributed by atoms with Gasteiger partial charge in [0, 0.05) is 6.07 Å². The van der Waals surface area contributed by atoms with Crippen molar-refractivity contribution in [3.63, 3.8) is 0 Å². The normalized spacial score (nSPS) is 10.8. The molecular weight excluding hydrogens is 413 g/mol. The maximum atomic E-state index is 12.7. The quantitative estimate of drug-likeness (QED) is 0.390. The zero-order valence-electron chi connectivity index (χ0n) is 15.4. The lowest BCUT2D eigenvalue weighted by Gasteiger charge is -2.11. The Bertz CT molecular complexity index is 948. The first-order valence-corrected chi connectivity index (χ1v) is 8.18. The molecule has 0 bridgehead atoms. The second kappa shape index (κ2) is 9.58. The molecule has 0 radical (unpaired) electrons. The van der Waals surface area contributed by atoms with E-state index in [4.69, 9.17) is 9.47 Å². The van der Waals surface area contributed by atoms with Crippen LogP contribution in [0.15, 0.2) is 42.5 Å². The summed E-state index contributed by atoms with van der Waals surface area (Å²) in [5.41, 5.74) is -2.67. The Morgan fingerprint density at radius 1 is 1.10 bits per heavy atom. The average molecular weight is 428 g/mol. The minimum absolute atomic E-state index is 0.266. The number of alkyl halides is 3. The van der Waals surface area contributed by atoms with Crippen LogP contribution in [0.25, 0.3) is 0 Å². The molecule has 0 atom stereocenters. The molecule has 9 nitrogen and oxygen atoms in total. The van der Waals surface area contributed by atoms with Gasteiger partial charge in [-0.2, -0.15) is 13.2 Å². The van der Waals surface area contributed by atoms with Gasteiger partial charge in [0.05, 0.1) is 17.6 Å². The van der Waals surface area contributed by atoms with Gasteiger partial charge >= 0.3 is 12.1 Å². The molecule has 2 rings (SSSR count). The first-order chi connectivity index (χ1) is 14.1. The van der Waals surface area contributed by atoms with Crippen LogP contribution in [0.3, 0.4) is 0 Å². The molecule has 0 aliphatic carbocycles. The lowest BCUT2D eigenvalue weighted by Crippen LogP contribution is -2.24. The van der Waals surface area contributed by atoms with Crippen LogP contribution in [0, 0.1) is 10.1 Å². The number of carbonyl (C=O) groups is 2. The smallest absolute Gasteiger partial charge is 0.416 e. The largest absolute Gasteiger partial charge is 0.493 e. The third kappa shape index (κ3) is 6.09. The molecule has 1 N–H and O–H groups in total. The maximum absolute atomic E-state index is 12.7. The fraction of sp³-hybridized carbons (Fsp3) is 0.222. The van der Waals surface area contributed by atoms with Crippen molar-refractivity contribution in [2.45, 2.75) is 6.18 Å². The van der Waals surface area contributed by atoms with E-state index in [1.807, 2.05) is 5.32 Å². The van der Waals surface area contributed by atoms with Gasteiger partial charge in [-0.05, 0) is 24.3 Å². The summed E-state index contributed by atoms with van der Waals surface area (Å²) in [5, 5.41) is 13.0. The minimum Gasteiger partial charge on any atom is -0.493 e. The highest BCUT2D eigenvalue weighted by Gasteiger charge is 2.33. The highest BCUT2D eigenvalue weighted by atomic mass is 19.4. The van der Waals surface area contributed by atoms with Crippen molar-refractivity contribution >= 4 is 23.3 Å². The zero-order chi connectivity index (χ0) is 22.3. The topological polar surface area (TPSA) is 117 Å². The van der Waals surface area contributed by atoms with Gasteiger partial charge in [0.25, 0.3) is 11.6 Å². The molecule has 0 unspecified atom stereocenters. The summed E-state index contributed by atoms with van der Waals surface area (Å²) < 4.78 is 53.0. The lowest BCUT2D eigenvalue weighted by atomic mass is 10.1. The summed E-state index contributed by atoms with van der Waals surface area (Å²) in [4.78, 5) is 33.5. The molecule has 2 aromatic carbocycles. The van der Waals surface area contributed by atoms with Crippen molar-refractivity contribution in [1.82, 2.24) is 0 Å². The summed E-state index contributed by atoms with van der Waals surface area (Å²) >= 11 is 0. The van der Waals surface area contributed by atoms with Gasteiger partial charge < -0.3 is 19.5 Å². The van der Waals surface area contributed by atoms with Crippen LogP contribution >= 0.6 is 0 Å². The molecule has 0 fully saturated rings. The van der Waals surface area contributed by atoms with E-state index in [9.17, 15) is 32.9 Å². The number of benzene rings is 2. The number of ether oxygens (including phenoxy) is 3. The predicted molar refractivity (Wildman–Crippen MR) is 96.2 cm³/mol. The summed E-state index contributed by atoms with van der Waals surface area (Å²) in [6.07, 6.45) is -4.79. The minimum atomic E-state index is -4.79. The molecule has 30 heavy (non-hydrogen) atoms. The van der Waals surface area contributed by atoms with Crippen LogP contribution in [0.5, 0.6) is 11.5 Å². The Morgan fingerprint density at radius 2 is 1.77 bits per heavy atom. The van der Waals surface area contributed by atoms with E-state index in [1.165, 1.54) is 7.11 Å². The summed E-state index contributed by atoms with van der Waals surface area (Å²) in [6, 6.07) is 8.10. The summed E-state index contributed by atoms with van der Waals surface area (Å²) in [7, 11) is 1.41. The number of amides is 1. The van der Waals surface area contributed by atoms with E-state index in [0.29, 0.717) is 17.9 Å². The Morgan fingerprint density at radius 3 is 2.37 bits per heavy atom. The molecular formula is C18H15F3N2O7. The number of methoxy groups -OCH3 is 1.